The van der Waals surface area contributed by atoms with Crippen LogP contribution in [0.4, 0.5) is 0 Å². The molecule has 0 saturated carbocycles. The van der Waals surface area contributed by atoms with Gasteiger partial charge in [0, 0.05) is 28.0 Å². The molecule has 55 heavy (non-hydrogen) atoms. The molecule has 0 atom stereocenters. The first-order chi connectivity index (χ1) is 27.1. The fraction of sp³-hybridized carbons (Fsp3) is 0. The van der Waals surface area contributed by atoms with Crippen LogP contribution >= 0.6 is 0 Å². The van der Waals surface area contributed by atoms with Gasteiger partial charge in [-0.3, -0.25) is 9.59 Å². The van der Waals surface area contributed by atoms with Gasteiger partial charge in [-0.1, -0.05) is 109 Å². The lowest BCUT2D eigenvalue weighted by Gasteiger charge is -2.12. The van der Waals surface area contributed by atoms with E-state index in [1.165, 1.54) is 0 Å². The van der Waals surface area contributed by atoms with Gasteiger partial charge >= 0.3 is 0 Å². The second kappa shape index (κ2) is 11.9. The average Bonchev–Trinajstić information content (AvgIpc) is 3.58. The summed E-state index contributed by atoms with van der Waals surface area (Å²) in [6, 6.07) is 49.9. The van der Waals surface area contributed by atoms with Crippen LogP contribution in [0.3, 0.4) is 0 Å². The maximum Gasteiger partial charge on any atom is 0.202 e. The molecule has 0 aliphatic heterocycles. The molecule has 0 spiro atoms. The van der Waals surface area contributed by atoms with Crippen LogP contribution in [-0.2, 0) is 0 Å². The predicted molar refractivity (Wildman–Crippen MR) is 218 cm³/mol. The number of para-hydroxylation sites is 3. The summed E-state index contributed by atoms with van der Waals surface area (Å²) in [5.41, 5.74) is 5.63. The Morgan fingerprint density at radius 1 is 0.418 bits per heavy atom. The topological polar surface area (TPSA) is 104 Å². The Balaban J connectivity index is 1.14. The number of fused-ring (bicyclic) bond motifs is 7. The monoisotopic (exact) mass is 710 g/mol. The smallest absolute Gasteiger partial charge is 0.202 e. The van der Waals surface area contributed by atoms with Crippen molar-refractivity contribution >= 4 is 65.7 Å². The van der Waals surface area contributed by atoms with Crippen LogP contribution in [0.25, 0.3) is 106 Å². The van der Waals surface area contributed by atoms with E-state index in [0.717, 1.165) is 32.9 Å². The molecular formula is C47H26N4O4. The van der Waals surface area contributed by atoms with Gasteiger partial charge < -0.3 is 13.4 Å². The van der Waals surface area contributed by atoms with Crippen LogP contribution in [0, 0.1) is 0 Å². The first kappa shape index (κ1) is 30.9. The van der Waals surface area contributed by atoms with Gasteiger partial charge in [-0.25, -0.2) is 15.0 Å². The fourth-order valence-corrected chi connectivity index (χ4v) is 7.73. The third-order valence-corrected chi connectivity index (χ3v) is 10.3. The Bertz CT molecular complexity index is 3370. The van der Waals surface area contributed by atoms with Gasteiger partial charge in [0.2, 0.25) is 10.9 Å². The van der Waals surface area contributed by atoms with Crippen LogP contribution in [0.5, 0.6) is 0 Å². The van der Waals surface area contributed by atoms with Crippen molar-refractivity contribution in [2.75, 3.05) is 0 Å². The van der Waals surface area contributed by atoms with E-state index < -0.39 is 0 Å². The summed E-state index contributed by atoms with van der Waals surface area (Å²) in [4.78, 5) is 43.5. The van der Waals surface area contributed by atoms with Crippen LogP contribution < -0.4 is 10.9 Å². The SMILES string of the molecule is O=c1c2cc3c(=O)c4c(-n5c6ccccc6c6ccccc65)cccc4oc3cc2oc2c(-c3nc(-c4ccccc4)nc(-c4ccccc4)n3)cccc12. The Hall–Kier alpha value is -7.71. The maximum absolute atomic E-state index is 14.6. The molecule has 258 valence electrons. The summed E-state index contributed by atoms with van der Waals surface area (Å²) >= 11 is 0. The zero-order valence-electron chi connectivity index (χ0n) is 28.9. The minimum absolute atomic E-state index is 0.240. The lowest BCUT2D eigenvalue weighted by molar-refractivity contribution is 0.646. The highest BCUT2D eigenvalue weighted by molar-refractivity contribution is 6.11. The predicted octanol–water partition coefficient (Wildman–Crippen LogP) is 10.5. The summed E-state index contributed by atoms with van der Waals surface area (Å²) < 4.78 is 15.2. The van der Waals surface area contributed by atoms with Crippen molar-refractivity contribution in [2.45, 2.75) is 0 Å². The normalized spacial score (nSPS) is 11.8. The quantitative estimate of drug-likeness (QED) is 0.167. The number of nitrogens with zero attached hydrogens (tertiary/aromatic N) is 4. The van der Waals surface area contributed by atoms with E-state index in [4.69, 9.17) is 23.8 Å². The summed E-state index contributed by atoms with van der Waals surface area (Å²) in [6.45, 7) is 0. The molecule has 0 aliphatic carbocycles. The molecule has 0 aliphatic rings. The van der Waals surface area contributed by atoms with Gasteiger partial charge in [-0.05, 0) is 42.5 Å². The largest absolute Gasteiger partial charge is 0.456 e. The molecule has 0 fully saturated rings. The molecule has 0 saturated heterocycles. The molecule has 0 unspecified atom stereocenters. The maximum atomic E-state index is 14.6. The lowest BCUT2D eigenvalue weighted by Crippen LogP contribution is -2.09. The molecule has 0 radical (unpaired) electrons. The highest BCUT2D eigenvalue weighted by atomic mass is 16.3. The molecule has 0 bridgehead atoms. The van der Waals surface area contributed by atoms with Gasteiger partial charge in [0.1, 0.15) is 22.3 Å². The van der Waals surface area contributed by atoms with Gasteiger partial charge in [0.15, 0.2) is 17.5 Å². The van der Waals surface area contributed by atoms with Crippen LogP contribution in [-0.4, -0.2) is 19.5 Å². The van der Waals surface area contributed by atoms with Gasteiger partial charge in [-0.2, -0.15) is 0 Å². The molecule has 4 heterocycles. The van der Waals surface area contributed by atoms with Crippen LogP contribution in [0.2, 0.25) is 0 Å². The number of aromatic nitrogens is 4. The van der Waals surface area contributed by atoms with Crippen molar-refractivity contribution in [1.82, 2.24) is 19.5 Å². The molecule has 7 aromatic carbocycles. The molecule has 4 aromatic heterocycles. The van der Waals surface area contributed by atoms with Crippen molar-refractivity contribution in [3.63, 3.8) is 0 Å². The van der Waals surface area contributed by atoms with Crippen molar-refractivity contribution in [1.29, 1.82) is 0 Å². The van der Waals surface area contributed by atoms with E-state index in [2.05, 4.69) is 28.8 Å². The van der Waals surface area contributed by atoms with Crippen molar-refractivity contribution < 1.29 is 8.83 Å². The van der Waals surface area contributed by atoms with E-state index in [9.17, 15) is 9.59 Å². The van der Waals surface area contributed by atoms with Crippen molar-refractivity contribution in [3.8, 4) is 39.9 Å². The Kier molecular flexibility index (Phi) is 6.69. The molecule has 11 aromatic rings. The Morgan fingerprint density at radius 3 is 1.64 bits per heavy atom. The molecule has 0 N–H and O–H groups in total. The highest BCUT2D eigenvalue weighted by Crippen LogP contribution is 2.36. The van der Waals surface area contributed by atoms with Crippen molar-refractivity contribution in [3.05, 3.63) is 178 Å². The highest BCUT2D eigenvalue weighted by Gasteiger charge is 2.21. The van der Waals surface area contributed by atoms with Crippen molar-refractivity contribution in [2.24, 2.45) is 0 Å². The summed E-state index contributed by atoms with van der Waals surface area (Å²) in [5, 5.41) is 3.48. The summed E-state index contributed by atoms with van der Waals surface area (Å²) in [7, 11) is 0. The number of hydrogen-bond donors (Lipinski definition) is 0. The first-order valence-corrected chi connectivity index (χ1v) is 17.9. The zero-order valence-corrected chi connectivity index (χ0v) is 28.9. The molecule has 11 rings (SSSR count). The molecule has 8 heteroatoms. The van der Waals surface area contributed by atoms with Crippen LogP contribution in [0.15, 0.2) is 176 Å². The Labute approximate surface area is 311 Å². The molecular weight excluding hydrogens is 685 g/mol. The Morgan fingerprint density at radius 2 is 0.964 bits per heavy atom. The number of hydrogen-bond acceptors (Lipinski definition) is 7. The number of rotatable bonds is 4. The lowest BCUT2D eigenvalue weighted by atomic mass is 10.0. The van der Waals surface area contributed by atoms with E-state index in [0.29, 0.717) is 56.2 Å². The fourth-order valence-electron chi connectivity index (χ4n) is 7.73. The van der Waals surface area contributed by atoms with E-state index in [-0.39, 0.29) is 27.2 Å². The zero-order chi connectivity index (χ0) is 36.6. The summed E-state index contributed by atoms with van der Waals surface area (Å²) in [6.07, 6.45) is 0. The van der Waals surface area contributed by atoms with E-state index >= 15 is 0 Å². The molecule has 8 nitrogen and oxygen atoms in total. The van der Waals surface area contributed by atoms with Gasteiger partial charge in [0.25, 0.3) is 0 Å². The third-order valence-electron chi connectivity index (χ3n) is 10.3. The third kappa shape index (κ3) is 4.75. The second-order valence-electron chi connectivity index (χ2n) is 13.4. The molecule has 0 amide bonds. The second-order valence-corrected chi connectivity index (χ2v) is 13.4. The number of benzene rings is 7. The van der Waals surface area contributed by atoms with Gasteiger partial charge in [-0.15, -0.1) is 0 Å². The summed E-state index contributed by atoms with van der Waals surface area (Å²) in [5.74, 6) is 1.34. The van der Waals surface area contributed by atoms with Crippen LogP contribution in [0.1, 0.15) is 0 Å². The van der Waals surface area contributed by atoms with E-state index in [1.807, 2.05) is 103 Å². The minimum Gasteiger partial charge on any atom is -0.456 e. The standard InChI is InChI=1S/C47H26N4O4/c52-42-31-19-11-20-32(47-49-45(27-13-3-1-4-14-27)48-46(50-47)28-15-5-2-6-16-28)44(31)55-40-26-39-34(25-33(40)42)43(53)41-37(23-12-24-38(41)54-39)51-35-21-9-7-17-29(35)30-18-8-10-22-36(30)51/h1-26H. The minimum atomic E-state index is -0.282. The average molecular weight is 711 g/mol. The van der Waals surface area contributed by atoms with E-state index in [1.54, 1.807) is 30.3 Å². The van der Waals surface area contributed by atoms with Gasteiger partial charge in [0.05, 0.1) is 43.8 Å². The first-order valence-electron chi connectivity index (χ1n) is 17.9.